The molecule has 0 amide bonds. The van der Waals surface area contributed by atoms with Crippen LogP contribution in [0.2, 0.25) is 5.02 Å². The smallest absolute Gasteiger partial charge is 0.0692 e. The van der Waals surface area contributed by atoms with Crippen LogP contribution < -0.4 is 0 Å². The molecule has 84 valence electrons. The van der Waals surface area contributed by atoms with Crippen LogP contribution in [0, 0.1) is 0 Å². The molecule has 0 heterocycles. The maximum atomic E-state index is 9.40. The third-order valence-corrected chi connectivity index (χ3v) is 3.83. The lowest BCUT2D eigenvalue weighted by molar-refractivity contribution is 0.196. The second-order valence-corrected chi connectivity index (χ2v) is 5.33. The number of benzene rings is 1. The van der Waals surface area contributed by atoms with Crippen LogP contribution in [0.4, 0.5) is 0 Å². The van der Waals surface area contributed by atoms with Crippen molar-refractivity contribution in [1.82, 2.24) is 0 Å². The predicted molar refractivity (Wildman–Crippen MR) is 64.4 cm³/mol. The fourth-order valence-electron chi connectivity index (χ4n) is 1.07. The van der Waals surface area contributed by atoms with E-state index in [1.54, 1.807) is 19.1 Å². The maximum absolute atomic E-state index is 9.40. The number of aliphatic hydroxyl groups excluding tert-OH is 2. The van der Waals surface area contributed by atoms with Crippen molar-refractivity contribution < 1.29 is 10.2 Å². The van der Waals surface area contributed by atoms with Gasteiger partial charge in [-0.15, -0.1) is 11.8 Å². The zero-order valence-electron chi connectivity index (χ0n) is 8.77. The Morgan fingerprint density at radius 1 is 1.40 bits per heavy atom. The Balaban J connectivity index is 2.87. The van der Waals surface area contributed by atoms with Gasteiger partial charge < -0.3 is 10.2 Å². The van der Waals surface area contributed by atoms with Gasteiger partial charge >= 0.3 is 0 Å². The van der Waals surface area contributed by atoms with E-state index in [0.29, 0.717) is 5.02 Å². The quantitative estimate of drug-likeness (QED) is 0.803. The van der Waals surface area contributed by atoms with Crippen molar-refractivity contribution in [3.05, 3.63) is 28.8 Å². The number of hydrogen-bond acceptors (Lipinski definition) is 3. The molecule has 0 radical (unpaired) electrons. The van der Waals surface area contributed by atoms with E-state index in [2.05, 4.69) is 0 Å². The van der Waals surface area contributed by atoms with E-state index in [1.165, 1.54) is 11.8 Å². The Kier molecular flexibility index (Phi) is 4.93. The van der Waals surface area contributed by atoms with Crippen molar-refractivity contribution in [3.8, 4) is 0 Å². The summed E-state index contributed by atoms with van der Waals surface area (Å²) >= 11 is 7.40. The molecule has 4 heteroatoms. The van der Waals surface area contributed by atoms with Crippen LogP contribution in [0.1, 0.15) is 19.4 Å². The minimum absolute atomic E-state index is 0.00791. The lowest BCUT2D eigenvalue weighted by atomic mass is 10.2. The summed E-state index contributed by atoms with van der Waals surface area (Å²) in [6.07, 6.45) is -0.388. The van der Waals surface area contributed by atoms with Crippen LogP contribution >= 0.6 is 23.4 Å². The highest BCUT2D eigenvalue weighted by molar-refractivity contribution is 8.00. The first-order valence-electron chi connectivity index (χ1n) is 4.78. The summed E-state index contributed by atoms with van der Waals surface area (Å²) in [4.78, 5) is 0.929. The van der Waals surface area contributed by atoms with Gasteiger partial charge in [0.05, 0.1) is 12.7 Å². The third-order valence-electron chi connectivity index (χ3n) is 2.19. The third kappa shape index (κ3) is 3.68. The Morgan fingerprint density at radius 3 is 2.60 bits per heavy atom. The van der Waals surface area contributed by atoms with Crippen LogP contribution in [0.3, 0.4) is 0 Å². The van der Waals surface area contributed by atoms with Gasteiger partial charge in [0.2, 0.25) is 0 Å². The van der Waals surface area contributed by atoms with Gasteiger partial charge in [-0.2, -0.15) is 0 Å². The van der Waals surface area contributed by atoms with Crippen molar-refractivity contribution in [2.75, 3.05) is 0 Å². The average molecular weight is 247 g/mol. The fourth-order valence-corrected chi connectivity index (χ4v) is 2.38. The molecule has 0 fully saturated rings. The van der Waals surface area contributed by atoms with Crippen LogP contribution in [0.25, 0.3) is 0 Å². The summed E-state index contributed by atoms with van der Waals surface area (Å²) in [5.74, 6) is 0. The molecule has 1 rings (SSSR count). The summed E-state index contributed by atoms with van der Waals surface area (Å²) in [5, 5.41) is 19.3. The topological polar surface area (TPSA) is 40.5 Å². The van der Waals surface area contributed by atoms with Gasteiger partial charge in [-0.25, -0.2) is 0 Å². The molecule has 0 aliphatic rings. The van der Waals surface area contributed by atoms with E-state index >= 15 is 0 Å². The summed E-state index contributed by atoms with van der Waals surface area (Å²) in [5.41, 5.74) is 0.844. The summed E-state index contributed by atoms with van der Waals surface area (Å²) in [6, 6.07) is 5.38. The molecular formula is C11H15ClO2S. The fraction of sp³-hybridized carbons (Fsp3) is 0.455. The standard InChI is InChI=1S/C11H15ClO2S/c1-7(14)8(2)15-11-5-10(12)4-3-9(11)6-13/h3-5,7-8,13-14H,6H2,1-2H3. The monoisotopic (exact) mass is 246 g/mol. The first kappa shape index (κ1) is 12.8. The number of hydrogen-bond donors (Lipinski definition) is 2. The van der Waals surface area contributed by atoms with Crippen LogP contribution in [0.5, 0.6) is 0 Å². The van der Waals surface area contributed by atoms with E-state index in [-0.39, 0.29) is 18.0 Å². The van der Waals surface area contributed by atoms with Gasteiger partial charge in [0.25, 0.3) is 0 Å². The van der Waals surface area contributed by atoms with Crippen molar-refractivity contribution in [2.24, 2.45) is 0 Å². The lowest BCUT2D eigenvalue weighted by Gasteiger charge is -2.16. The van der Waals surface area contributed by atoms with Gasteiger partial charge in [-0.1, -0.05) is 24.6 Å². The molecule has 2 atom stereocenters. The van der Waals surface area contributed by atoms with Gasteiger partial charge in [0.1, 0.15) is 0 Å². The molecule has 0 aliphatic carbocycles. The highest BCUT2D eigenvalue weighted by atomic mass is 35.5. The molecule has 2 N–H and O–H groups in total. The summed E-state index contributed by atoms with van der Waals surface area (Å²) in [7, 11) is 0. The highest BCUT2D eigenvalue weighted by Gasteiger charge is 2.13. The Morgan fingerprint density at radius 2 is 2.07 bits per heavy atom. The highest BCUT2D eigenvalue weighted by Crippen LogP contribution is 2.30. The molecule has 15 heavy (non-hydrogen) atoms. The SMILES string of the molecule is CC(O)C(C)Sc1cc(Cl)ccc1CO. The zero-order chi connectivity index (χ0) is 11.4. The van der Waals surface area contributed by atoms with Crippen molar-refractivity contribution in [1.29, 1.82) is 0 Å². The Bertz CT molecular complexity index is 328. The second kappa shape index (κ2) is 5.75. The van der Waals surface area contributed by atoms with Crippen molar-refractivity contribution in [3.63, 3.8) is 0 Å². The van der Waals surface area contributed by atoms with Gasteiger partial charge in [-0.05, 0) is 24.6 Å². The number of halogens is 1. The largest absolute Gasteiger partial charge is 0.392 e. The van der Waals surface area contributed by atoms with Crippen LogP contribution in [-0.2, 0) is 6.61 Å². The first-order valence-corrected chi connectivity index (χ1v) is 6.04. The van der Waals surface area contributed by atoms with E-state index in [4.69, 9.17) is 16.7 Å². The summed E-state index contributed by atoms with van der Waals surface area (Å²) < 4.78 is 0. The Hall–Kier alpha value is -0.220. The first-order chi connectivity index (χ1) is 7.04. The molecule has 2 nitrogen and oxygen atoms in total. The van der Waals surface area contributed by atoms with Gasteiger partial charge in [0.15, 0.2) is 0 Å². The normalized spacial score (nSPS) is 15.0. The lowest BCUT2D eigenvalue weighted by Crippen LogP contribution is -2.15. The number of thioether (sulfide) groups is 1. The second-order valence-electron chi connectivity index (χ2n) is 3.47. The van der Waals surface area contributed by atoms with Gasteiger partial charge in [0, 0.05) is 15.2 Å². The van der Waals surface area contributed by atoms with Gasteiger partial charge in [-0.3, -0.25) is 0 Å². The number of aliphatic hydroxyl groups is 2. The minimum Gasteiger partial charge on any atom is -0.392 e. The Labute approximate surface area is 99.3 Å². The minimum atomic E-state index is -0.388. The molecular weight excluding hydrogens is 232 g/mol. The molecule has 0 saturated heterocycles. The predicted octanol–water partition coefficient (Wildman–Crippen LogP) is 2.69. The van der Waals surface area contributed by atoms with Crippen LogP contribution in [-0.4, -0.2) is 21.6 Å². The zero-order valence-corrected chi connectivity index (χ0v) is 10.3. The number of rotatable bonds is 4. The van der Waals surface area contributed by atoms with Crippen molar-refractivity contribution in [2.45, 2.75) is 36.7 Å². The summed E-state index contributed by atoms with van der Waals surface area (Å²) in [6.45, 7) is 3.68. The molecule has 0 spiro atoms. The molecule has 0 bridgehead atoms. The van der Waals surface area contributed by atoms with E-state index in [9.17, 15) is 5.11 Å². The van der Waals surface area contributed by atoms with E-state index in [1.807, 2.05) is 13.0 Å². The molecule has 0 aliphatic heterocycles. The maximum Gasteiger partial charge on any atom is 0.0692 e. The molecule has 1 aromatic rings. The van der Waals surface area contributed by atoms with Crippen molar-refractivity contribution >= 4 is 23.4 Å². The average Bonchev–Trinajstić information content (AvgIpc) is 2.18. The molecule has 2 unspecified atom stereocenters. The van der Waals surface area contributed by atoms with E-state index in [0.717, 1.165) is 10.5 Å². The molecule has 0 saturated carbocycles. The van der Waals surface area contributed by atoms with E-state index < -0.39 is 0 Å². The molecule has 1 aromatic carbocycles. The van der Waals surface area contributed by atoms with Crippen LogP contribution in [0.15, 0.2) is 23.1 Å². The molecule has 0 aromatic heterocycles.